The van der Waals surface area contributed by atoms with Gasteiger partial charge in [-0.3, -0.25) is 0 Å². The molecule has 0 bridgehead atoms. The maximum atomic E-state index is 10.5. The van der Waals surface area contributed by atoms with Gasteiger partial charge in [-0.1, -0.05) is 59.7 Å². The molecular formula is C20H24N4O4. The van der Waals surface area contributed by atoms with Gasteiger partial charge in [-0.05, 0) is 22.2 Å². The highest BCUT2D eigenvalue weighted by atomic mass is 16.7. The van der Waals surface area contributed by atoms with Gasteiger partial charge in [-0.15, -0.1) is 0 Å². The monoisotopic (exact) mass is 384 g/mol. The number of rotatable bonds is 7. The van der Waals surface area contributed by atoms with Crippen LogP contribution in [0.5, 0.6) is 0 Å². The van der Waals surface area contributed by atoms with E-state index in [-0.39, 0.29) is 6.54 Å². The van der Waals surface area contributed by atoms with Crippen molar-refractivity contribution in [3.63, 3.8) is 0 Å². The predicted octanol–water partition coefficient (Wildman–Crippen LogP) is 2.22. The van der Waals surface area contributed by atoms with Crippen molar-refractivity contribution in [2.75, 3.05) is 13.7 Å². The van der Waals surface area contributed by atoms with E-state index in [1.165, 1.54) is 7.11 Å². The lowest BCUT2D eigenvalue weighted by Gasteiger charge is -2.42. The number of benzene rings is 2. The van der Waals surface area contributed by atoms with E-state index in [2.05, 4.69) is 27.5 Å². The van der Waals surface area contributed by atoms with E-state index in [0.717, 1.165) is 16.7 Å². The van der Waals surface area contributed by atoms with E-state index in [0.29, 0.717) is 6.54 Å². The van der Waals surface area contributed by atoms with Crippen LogP contribution in [0.4, 0.5) is 0 Å². The third kappa shape index (κ3) is 4.69. The van der Waals surface area contributed by atoms with E-state index in [1.807, 2.05) is 42.5 Å². The van der Waals surface area contributed by atoms with Crippen molar-refractivity contribution in [2.24, 2.45) is 5.11 Å². The standard InChI is InChI=1S/C20H24N4O4/c1-27-20-17(19(26)18(25)16(28-20)12-23-24-21)22-11-13-7-9-15(10-8-13)14-5-3-2-4-6-14/h2-10,16-20,22,25-26H,11-12H2,1H3/t16-,17-,18-,19-,20-/m1/s1. The first-order chi connectivity index (χ1) is 13.6. The van der Waals surface area contributed by atoms with Crippen LogP contribution in [-0.2, 0) is 16.0 Å². The predicted molar refractivity (Wildman–Crippen MR) is 104 cm³/mol. The van der Waals surface area contributed by atoms with Crippen LogP contribution in [0, 0.1) is 0 Å². The van der Waals surface area contributed by atoms with Crippen molar-refractivity contribution in [3.8, 4) is 11.1 Å². The largest absolute Gasteiger partial charge is 0.388 e. The number of nitrogens with zero attached hydrogens (tertiary/aromatic N) is 3. The smallest absolute Gasteiger partial charge is 0.175 e. The van der Waals surface area contributed by atoms with Gasteiger partial charge in [-0.2, -0.15) is 0 Å². The lowest BCUT2D eigenvalue weighted by atomic mass is 9.96. The molecule has 0 amide bonds. The molecular weight excluding hydrogens is 360 g/mol. The van der Waals surface area contributed by atoms with Crippen LogP contribution < -0.4 is 5.32 Å². The summed E-state index contributed by atoms with van der Waals surface area (Å²) in [4.78, 5) is 2.66. The van der Waals surface area contributed by atoms with Gasteiger partial charge in [0.1, 0.15) is 12.2 Å². The van der Waals surface area contributed by atoms with E-state index in [4.69, 9.17) is 15.0 Å². The molecule has 28 heavy (non-hydrogen) atoms. The maximum absolute atomic E-state index is 10.5. The van der Waals surface area contributed by atoms with Gasteiger partial charge in [0.2, 0.25) is 0 Å². The van der Waals surface area contributed by atoms with Crippen LogP contribution in [-0.4, -0.2) is 54.5 Å². The van der Waals surface area contributed by atoms with Gasteiger partial charge in [0.05, 0.1) is 18.7 Å². The van der Waals surface area contributed by atoms with E-state index in [9.17, 15) is 10.2 Å². The summed E-state index contributed by atoms with van der Waals surface area (Å²) in [6.45, 7) is 0.385. The molecule has 1 aliphatic heterocycles. The quantitative estimate of drug-likeness (QED) is 0.384. The highest BCUT2D eigenvalue weighted by molar-refractivity contribution is 5.63. The van der Waals surface area contributed by atoms with Crippen molar-refractivity contribution in [2.45, 2.75) is 37.2 Å². The Morgan fingerprint density at radius 1 is 1.07 bits per heavy atom. The minimum absolute atomic E-state index is 0.0811. The Bertz CT molecular complexity index is 794. The molecule has 2 aromatic rings. The molecule has 8 heteroatoms. The second-order valence-corrected chi connectivity index (χ2v) is 6.64. The molecule has 0 saturated carbocycles. The molecule has 3 rings (SSSR count). The van der Waals surface area contributed by atoms with Crippen LogP contribution >= 0.6 is 0 Å². The summed E-state index contributed by atoms with van der Waals surface area (Å²) in [6.07, 6.45) is -3.91. The number of methoxy groups -OCH3 is 1. The fourth-order valence-electron chi connectivity index (χ4n) is 3.30. The first-order valence-electron chi connectivity index (χ1n) is 9.07. The fourth-order valence-corrected chi connectivity index (χ4v) is 3.30. The van der Waals surface area contributed by atoms with Gasteiger partial charge in [0, 0.05) is 18.6 Å². The van der Waals surface area contributed by atoms with Gasteiger partial charge >= 0.3 is 0 Å². The summed E-state index contributed by atoms with van der Waals surface area (Å²) in [7, 11) is 1.46. The Labute approximate surface area is 163 Å². The lowest BCUT2D eigenvalue weighted by molar-refractivity contribution is -0.254. The average molecular weight is 384 g/mol. The van der Waals surface area contributed by atoms with Gasteiger partial charge in [-0.25, -0.2) is 0 Å². The molecule has 5 atom stereocenters. The van der Waals surface area contributed by atoms with Crippen molar-refractivity contribution in [3.05, 3.63) is 70.6 Å². The highest BCUT2D eigenvalue weighted by Gasteiger charge is 2.44. The zero-order valence-corrected chi connectivity index (χ0v) is 15.5. The first-order valence-corrected chi connectivity index (χ1v) is 9.07. The molecule has 0 unspecified atom stereocenters. The molecule has 1 aliphatic rings. The van der Waals surface area contributed by atoms with Crippen molar-refractivity contribution < 1.29 is 19.7 Å². The van der Waals surface area contributed by atoms with Crippen LogP contribution in [0.25, 0.3) is 21.6 Å². The zero-order chi connectivity index (χ0) is 19.9. The first kappa shape index (κ1) is 20.3. The summed E-state index contributed by atoms with van der Waals surface area (Å²) < 4.78 is 10.9. The molecule has 0 radical (unpaired) electrons. The SMILES string of the molecule is CO[C@@H]1O[C@H](CN=[N+]=[N-])[C@@H](O)[C@H](O)[C@H]1NCc1ccc(-c2ccccc2)cc1. The van der Waals surface area contributed by atoms with Gasteiger partial charge in [0.25, 0.3) is 0 Å². The second kappa shape index (κ2) is 9.66. The Morgan fingerprint density at radius 2 is 1.75 bits per heavy atom. The van der Waals surface area contributed by atoms with E-state index < -0.39 is 30.6 Å². The third-order valence-electron chi connectivity index (χ3n) is 4.86. The molecule has 0 spiro atoms. The maximum Gasteiger partial charge on any atom is 0.175 e. The summed E-state index contributed by atoms with van der Waals surface area (Å²) in [5.41, 5.74) is 11.7. The Balaban J connectivity index is 1.63. The van der Waals surface area contributed by atoms with E-state index in [1.54, 1.807) is 0 Å². The second-order valence-electron chi connectivity index (χ2n) is 6.64. The minimum Gasteiger partial charge on any atom is -0.388 e. The van der Waals surface area contributed by atoms with Crippen LogP contribution in [0.1, 0.15) is 5.56 Å². The van der Waals surface area contributed by atoms with Crippen LogP contribution in [0.2, 0.25) is 0 Å². The highest BCUT2D eigenvalue weighted by Crippen LogP contribution is 2.23. The molecule has 1 saturated heterocycles. The molecule has 8 nitrogen and oxygen atoms in total. The van der Waals surface area contributed by atoms with Gasteiger partial charge < -0.3 is 25.0 Å². The Morgan fingerprint density at radius 3 is 2.39 bits per heavy atom. The number of hydrogen-bond acceptors (Lipinski definition) is 6. The van der Waals surface area contributed by atoms with E-state index >= 15 is 0 Å². The Hall–Kier alpha value is -2.45. The van der Waals surface area contributed by atoms with Crippen molar-refractivity contribution in [1.29, 1.82) is 0 Å². The number of azide groups is 1. The van der Waals surface area contributed by atoms with Gasteiger partial charge in [0.15, 0.2) is 6.29 Å². The van der Waals surface area contributed by atoms with Crippen LogP contribution in [0.15, 0.2) is 59.7 Å². The number of ether oxygens (including phenoxy) is 2. The molecule has 1 heterocycles. The molecule has 148 valence electrons. The molecule has 0 aromatic heterocycles. The summed E-state index contributed by atoms with van der Waals surface area (Å²) in [6, 6.07) is 17.6. The van der Waals surface area contributed by atoms with Crippen molar-refractivity contribution >= 4 is 0 Å². The minimum atomic E-state index is -1.19. The summed E-state index contributed by atoms with van der Waals surface area (Å²) >= 11 is 0. The topological polar surface area (TPSA) is 120 Å². The summed E-state index contributed by atoms with van der Waals surface area (Å²) in [5, 5.41) is 27.3. The lowest BCUT2D eigenvalue weighted by Crippen LogP contribution is -2.63. The molecule has 1 fully saturated rings. The normalized spacial score (nSPS) is 27.2. The number of nitrogens with one attached hydrogen (secondary N) is 1. The third-order valence-corrected chi connectivity index (χ3v) is 4.86. The fraction of sp³-hybridized carbons (Fsp3) is 0.400. The number of aliphatic hydroxyl groups is 2. The zero-order valence-electron chi connectivity index (χ0n) is 15.5. The van der Waals surface area contributed by atoms with Crippen LogP contribution in [0.3, 0.4) is 0 Å². The van der Waals surface area contributed by atoms with Crippen molar-refractivity contribution in [1.82, 2.24) is 5.32 Å². The Kier molecular flexibility index (Phi) is 7.00. The number of aliphatic hydroxyl groups excluding tert-OH is 2. The molecule has 2 aromatic carbocycles. The molecule has 0 aliphatic carbocycles. The number of hydrogen-bond donors (Lipinski definition) is 3. The average Bonchev–Trinajstić information content (AvgIpc) is 2.75. The summed E-state index contributed by atoms with van der Waals surface area (Å²) in [5.74, 6) is 0. The molecule has 3 N–H and O–H groups in total.